The zero-order valence-corrected chi connectivity index (χ0v) is 16.5. The van der Waals surface area contributed by atoms with Gasteiger partial charge in [0.1, 0.15) is 12.4 Å². The van der Waals surface area contributed by atoms with Gasteiger partial charge in [-0.3, -0.25) is 4.79 Å². The van der Waals surface area contributed by atoms with Crippen LogP contribution in [-0.2, 0) is 4.79 Å². The van der Waals surface area contributed by atoms with Crippen LogP contribution < -0.4 is 10.6 Å². The van der Waals surface area contributed by atoms with Crippen LogP contribution in [0.1, 0.15) is 24.1 Å². The number of rotatable bonds is 3. The zero-order chi connectivity index (χ0) is 19.0. The van der Waals surface area contributed by atoms with Crippen molar-refractivity contribution in [3.8, 4) is 0 Å². The Balaban J connectivity index is 1.74. The van der Waals surface area contributed by atoms with E-state index in [1.165, 1.54) is 6.33 Å². The number of anilines is 2. The Hall–Kier alpha value is -2.93. The van der Waals surface area contributed by atoms with Crippen molar-refractivity contribution in [3.05, 3.63) is 81.7 Å². The Labute approximate surface area is 165 Å². The molecule has 0 radical (unpaired) electrons. The fourth-order valence-corrected chi connectivity index (χ4v) is 3.44. The third kappa shape index (κ3) is 3.38. The molecule has 2 aromatic carbocycles. The third-order valence-electron chi connectivity index (χ3n) is 4.53. The van der Waals surface area contributed by atoms with E-state index in [1.54, 1.807) is 4.68 Å². The highest BCUT2D eigenvalue weighted by Gasteiger charge is 2.33. The summed E-state index contributed by atoms with van der Waals surface area (Å²) in [5, 5.41) is 10.5. The summed E-state index contributed by atoms with van der Waals surface area (Å²) in [6.45, 7) is 3.90. The SMILES string of the molecule is CC1=C(C(=O)Nc2ccc(C)cc2)[C@H](c2ccc(Br)cc2)n2ncnc2N1. The van der Waals surface area contributed by atoms with Crippen LogP contribution in [0.4, 0.5) is 11.6 Å². The molecule has 0 saturated carbocycles. The monoisotopic (exact) mass is 423 g/mol. The van der Waals surface area contributed by atoms with Crippen LogP contribution in [0.5, 0.6) is 0 Å². The molecule has 0 spiro atoms. The molecule has 1 amide bonds. The summed E-state index contributed by atoms with van der Waals surface area (Å²) in [6, 6.07) is 15.3. The first-order valence-corrected chi connectivity index (χ1v) is 9.33. The molecule has 1 aliphatic heterocycles. The summed E-state index contributed by atoms with van der Waals surface area (Å²) in [7, 11) is 0. The largest absolute Gasteiger partial charge is 0.328 e. The lowest BCUT2D eigenvalue weighted by Crippen LogP contribution is -2.31. The van der Waals surface area contributed by atoms with Gasteiger partial charge >= 0.3 is 0 Å². The van der Waals surface area contributed by atoms with E-state index in [1.807, 2.05) is 62.4 Å². The van der Waals surface area contributed by atoms with Crippen LogP contribution >= 0.6 is 15.9 Å². The van der Waals surface area contributed by atoms with E-state index in [-0.39, 0.29) is 11.9 Å². The molecule has 2 N–H and O–H groups in total. The molecular formula is C20H18BrN5O. The number of aryl methyl sites for hydroxylation is 1. The number of amides is 1. The number of allylic oxidation sites excluding steroid dienone is 1. The molecule has 1 aromatic heterocycles. The Kier molecular flexibility index (Phi) is 4.53. The van der Waals surface area contributed by atoms with Gasteiger partial charge in [-0.05, 0) is 43.7 Å². The summed E-state index contributed by atoms with van der Waals surface area (Å²) in [5.41, 5.74) is 4.22. The molecule has 2 heterocycles. The first-order valence-electron chi connectivity index (χ1n) is 8.54. The van der Waals surface area contributed by atoms with E-state index in [0.717, 1.165) is 27.0 Å². The van der Waals surface area contributed by atoms with E-state index in [0.29, 0.717) is 11.5 Å². The Morgan fingerprint density at radius 2 is 1.81 bits per heavy atom. The molecule has 1 aliphatic rings. The van der Waals surface area contributed by atoms with Gasteiger partial charge in [-0.15, -0.1) is 0 Å². The van der Waals surface area contributed by atoms with Crippen molar-refractivity contribution in [3.63, 3.8) is 0 Å². The maximum Gasteiger partial charge on any atom is 0.255 e. The van der Waals surface area contributed by atoms with E-state index in [4.69, 9.17) is 0 Å². The Bertz CT molecular complexity index is 1020. The quantitative estimate of drug-likeness (QED) is 0.659. The average Bonchev–Trinajstić information content (AvgIpc) is 3.11. The van der Waals surface area contributed by atoms with E-state index in [9.17, 15) is 4.79 Å². The second-order valence-corrected chi connectivity index (χ2v) is 7.38. The molecule has 1 atom stereocenters. The lowest BCUT2D eigenvalue weighted by atomic mass is 9.95. The van der Waals surface area contributed by atoms with Gasteiger partial charge in [0, 0.05) is 15.9 Å². The van der Waals surface area contributed by atoms with Crippen molar-refractivity contribution in [2.75, 3.05) is 10.6 Å². The zero-order valence-electron chi connectivity index (χ0n) is 14.9. The minimum Gasteiger partial charge on any atom is -0.328 e. The summed E-state index contributed by atoms with van der Waals surface area (Å²) >= 11 is 3.46. The minimum atomic E-state index is -0.359. The van der Waals surface area contributed by atoms with Crippen LogP contribution in [0, 0.1) is 6.92 Å². The molecule has 3 aromatic rings. The summed E-state index contributed by atoms with van der Waals surface area (Å²) in [5.74, 6) is 0.449. The van der Waals surface area contributed by atoms with E-state index >= 15 is 0 Å². The van der Waals surface area contributed by atoms with Crippen molar-refractivity contribution in [2.45, 2.75) is 19.9 Å². The fourth-order valence-electron chi connectivity index (χ4n) is 3.17. The summed E-state index contributed by atoms with van der Waals surface area (Å²) in [4.78, 5) is 17.4. The molecule has 136 valence electrons. The van der Waals surface area contributed by atoms with Gasteiger partial charge in [0.25, 0.3) is 5.91 Å². The topological polar surface area (TPSA) is 71.8 Å². The van der Waals surface area contributed by atoms with Crippen LogP contribution in [0.25, 0.3) is 0 Å². The molecule has 0 unspecified atom stereocenters. The van der Waals surface area contributed by atoms with Crippen LogP contribution in [0.15, 0.2) is 70.6 Å². The molecule has 0 bridgehead atoms. The summed E-state index contributed by atoms with van der Waals surface area (Å²) in [6.07, 6.45) is 1.49. The van der Waals surface area contributed by atoms with Crippen molar-refractivity contribution in [1.82, 2.24) is 14.8 Å². The predicted octanol–water partition coefficient (Wildman–Crippen LogP) is 4.28. The highest BCUT2D eigenvalue weighted by atomic mass is 79.9. The molecule has 27 heavy (non-hydrogen) atoms. The number of halogens is 1. The molecule has 0 aliphatic carbocycles. The van der Waals surface area contributed by atoms with Gasteiger partial charge in [-0.25, -0.2) is 4.68 Å². The maximum absolute atomic E-state index is 13.2. The van der Waals surface area contributed by atoms with Crippen LogP contribution in [-0.4, -0.2) is 20.7 Å². The van der Waals surface area contributed by atoms with Gasteiger partial charge in [-0.2, -0.15) is 10.1 Å². The lowest BCUT2D eigenvalue weighted by molar-refractivity contribution is -0.113. The number of carbonyl (C=O) groups is 1. The molecule has 0 saturated heterocycles. The number of nitrogens with one attached hydrogen (secondary N) is 2. The maximum atomic E-state index is 13.2. The second-order valence-electron chi connectivity index (χ2n) is 6.47. The lowest BCUT2D eigenvalue weighted by Gasteiger charge is -2.28. The van der Waals surface area contributed by atoms with Crippen molar-refractivity contribution in [2.24, 2.45) is 0 Å². The van der Waals surface area contributed by atoms with Gasteiger partial charge in [0.05, 0.1) is 5.57 Å². The van der Waals surface area contributed by atoms with Crippen LogP contribution in [0.3, 0.4) is 0 Å². The normalized spacial score (nSPS) is 15.9. The smallest absolute Gasteiger partial charge is 0.255 e. The molecule has 7 heteroatoms. The number of nitrogens with zero attached hydrogens (tertiary/aromatic N) is 3. The Morgan fingerprint density at radius 1 is 1.11 bits per heavy atom. The second kappa shape index (κ2) is 7.00. The number of hydrogen-bond acceptors (Lipinski definition) is 4. The van der Waals surface area contributed by atoms with Gasteiger partial charge < -0.3 is 10.6 Å². The highest BCUT2D eigenvalue weighted by molar-refractivity contribution is 9.10. The highest BCUT2D eigenvalue weighted by Crippen LogP contribution is 2.35. The average molecular weight is 424 g/mol. The number of hydrogen-bond donors (Lipinski definition) is 2. The van der Waals surface area contributed by atoms with E-state index < -0.39 is 0 Å². The van der Waals surface area contributed by atoms with Crippen molar-refractivity contribution >= 4 is 33.5 Å². The van der Waals surface area contributed by atoms with Crippen molar-refractivity contribution < 1.29 is 4.79 Å². The fraction of sp³-hybridized carbons (Fsp3) is 0.150. The number of aromatic nitrogens is 3. The number of carbonyl (C=O) groups excluding carboxylic acids is 1. The van der Waals surface area contributed by atoms with Crippen molar-refractivity contribution in [1.29, 1.82) is 0 Å². The standard InChI is InChI=1S/C20H18BrN5O/c1-12-3-9-16(10-4-12)25-19(27)17-13(2)24-20-22-11-23-26(20)18(17)14-5-7-15(21)8-6-14/h3-11,18H,1-2H3,(H,25,27)(H,22,23,24)/t18-/m0/s1. The molecule has 6 nitrogen and oxygen atoms in total. The van der Waals surface area contributed by atoms with Crippen LogP contribution in [0.2, 0.25) is 0 Å². The molecule has 0 fully saturated rings. The van der Waals surface area contributed by atoms with Gasteiger partial charge in [0.15, 0.2) is 0 Å². The third-order valence-corrected chi connectivity index (χ3v) is 5.06. The van der Waals surface area contributed by atoms with Gasteiger partial charge in [0.2, 0.25) is 5.95 Å². The van der Waals surface area contributed by atoms with Gasteiger partial charge in [-0.1, -0.05) is 45.8 Å². The molecular weight excluding hydrogens is 406 g/mol. The minimum absolute atomic E-state index is 0.169. The predicted molar refractivity (Wildman–Crippen MR) is 108 cm³/mol. The van der Waals surface area contributed by atoms with E-state index in [2.05, 4.69) is 36.6 Å². The number of fused-ring (bicyclic) bond motifs is 1. The first-order chi connectivity index (χ1) is 13.0. The summed E-state index contributed by atoms with van der Waals surface area (Å²) < 4.78 is 2.71. The molecule has 4 rings (SSSR count). The Morgan fingerprint density at radius 3 is 2.52 bits per heavy atom. The first kappa shape index (κ1) is 17.5. The number of benzene rings is 2.